The van der Waals surface area contributed by atoms with E-state index in [1.807, 2.05) is 30.5 Å². The van der Waals surface area contributed by atoms with Gasteiger partial charge in [-0.1, -0.05) is 18.2 Å². The first-order valence-corrected chi connectivity index (χ1v) is 7.77. The van der Waals surface area contributed by atoms with Gasteiger partial charge in [-0.05, 0) is 36.2 Å². The van der Waals surface area contributed by atoms with Gasteiger partial charge in [0, 0.05) is 37.4 Å². The molecular formula is C18H22N2O2. The second kappa shape index (κ2) is 7.38. The zero-order valence-corrected chi connectivity index (χ0v) is 12.7. The lowest BCUT2D eigenvalue weighted by molar-refractivity contribution is 0.121. The Hall–Kier alpha value is -1.91. The van der Waals surface area contributed by atoms with Gasteiger partial charge in [-0.25, -0.2) is 0 Å². The Balaban J connectivity index is 1.61. The van der Waals surface area contributed by atoms with Crippen molar-refractivity contribution >= 4 is 0 Å². The molecule has 1 N–H and O–H groups in total. The molecule has 1 fully saturated rings. The Morgan fingerprint density at radius 2 is 2.05 bits per heavy atom. The maximum atomic E-state index is 9.37. The Labute approximate surface area is 131 Å². The molecule has 2 aromatic rings. The molecule has 3 rings (SSSR count). The molecule has 22 heavy (non-hydrogen) atoms. The molecule has 4 heteroatoms. The summed E-state index contributed by atoms with van der Waals surface area (Å²) in [5, 5.41) is 9.37. The van der Waals surface area contributed by atoms with Crippen molar-refractivity contribution in [3.8, 4) is 5.75 Å². The first-order chi connectivity index (χ1) is 10.8. The van der Waals surface area contributed by atoms with Crippen LogP contribution in [0.5, 0.6) is 5.75 Å². The van der Waals surface area contributed by atoms with Crippen LogP contribution in [0.4, 0.5) is 0 Å². The van der Waals surface area contributed by atoms with Crippen molar-refractivity contribution in [3.05, 3.63) is 59.9 Å². The topological polar surface area (TPSA) is 45.6 Å². The first-order valence-electron chi connectivity index (χ1n) is 7.77. The molecule has 1 saturated heterocycles. The fourth-order valence-corrected chi connectivity index (χ4v) is 2.89. The molecule has 1 aromatic carbocycles. The van der Waals surface area contributed by atoms with E-state index in [9.17, 15) is 5.11 Å². The van der Waals surface area contributed by atoms with Crippen molar-refractivity contribution in [2.45, 2.75) is 13.0 Å². The minimum absolute atomic E-state index is 0.316. The summed E-state index contributed by atoms with van der Waals surface area (Å²) >= 11 is 0. The van der Waals surface area contributed by atoms with E-state index in [0.29, 0.717) is 11.7 Å². The number of benzene rings is 1. The van der Waals surface area contributed by atoms with Crippen LogP contribution in [-0.2, 0) is 17.7 Å². The number of hydrogen-bond donors (Lipinski definition) is 1. The molecule has 116 valence electrons. The van der Waals surface area contributed by atoms with Gasteiger partial charge in [-0.15, -0.1) is 0 Å². The minimum atomic E-state index is 0.316. The maximum Gasteiger partial charge on any atom is 0.115 e. The molecule has 1 unspecified atom stereocenters. The Bertz CT molecular complexity index is 571. The van der Waals surface area contributed by atoms with Gasteiger partial charge < -0.3 is 9.84 Å². The SMILES string of the molecule is Oc1ccc(CN2CCOCC(Cc3ccccn3)C2)cc1. The first kappa shape index (κ1) is 15.0. The Kier molecular flexibility index (Phi) is 5.03. The van der Waals surface area contributed by atoms with Gasteiger partial charge in [-0.2, -0.15) is 0 Å². The van der Waals surface area contributed by atoms with E-state index in [2.05, 4.69) is 16.0 Å². The third-order valence-corrected chi connectivity index (χ3v) is 3.99. The highest BCUT2D eigenvalue weighted by Crippen LogP contribution is 2.16. The van der Waals surface area contributed by atoms with Crippen molar-refractivity contribution in [2.24, 2.45) is 5.92 Å². The van der Waals surface area contributed by atoms with E-state index >= 15 is 0 Å². The molecule has 0 amide bonds. The van der Waals surface area contributed by atoms with Crippen LogP contribution in [0.15, 0.2) is 48.7 Å². The molecule has 4 nitrogen and oxygen atoms in total. The number of rotatable bonds is 4. The molecule has 1 aliphatic rings. The molecule has 1 aromatic heterocycles. The monoisotopic (exact) mass is 298 g/mol. The van der Waals surface area contributed by atoms with Crippen LogP contribution in [-0.4, -0.2) is 41.3 Å². The van der Waals surface area contributed by atoms with Crippen molar-refractivity contribution in [2.75, 3.05) is 26.3 Å². The molecule has 0 spiro atoms. The lowest BCUT2D eigenvalue weighted by Gasteiger charge is -2.23. The summed E-state index contributed by atoms with van der Waals surface area (Å²) in [5.41, 5.74) is 2.35. The summed E-state index contributed by atoms with van der Waals surface area (Å²) in [6, 6.07) is 13.5. The molecule has 1 aliphatic heterocycles. The summed E-state index contributed by atoms with van der Waals surface area (Å²) in [7, 11) is 0. The fraction of sp³-hybridized carbons (Fsp3) is 0.389. The maximum absolute atomic E-state index is 9.37. The highest BCUT2D eigenvalue weighted by Gasteiger charge is 2.19. The predicted octanol–water partition coefficient (Wildman–Crippen LogP) is 2.48. The quantitative estimate of drug-likeness (QED) is 0.942. The van der Waals surface area contributed by atoms with Crippen LogP contribution in [0.3, 0.4) is 0 Å². The van der Waals surface area contributed by atoms with Crippen molar-refractivity contribution < 1.29 is 9.84 Å². The summed E-state index contributed by atoms with van der Waals surface area (Å²) in [5.74, 6) is 0.783. The fourth-order valence-electron chi connectivity index (χ4n) is 2.89. The second-order valence-corrected chi connectivity index (χ2v) is 5.87. The number of hydrogen-bond acceptors (Lipinski definition) is 4. The van der Waals surface area contributed by atoms with Gasteiger partial charge in [0.05, 0.1) is 13.2 Å². The number of ether oxygens (including phenoxy) is 1. The van der Waals surface area contributed by atoms with E-state index in [1.165, 1.54) is 5.56 Å². The number of nitrogens with zero attached hydrogens (tertiary/aromatic N) is 2. The molecule has 2 heterocycles. The highest BCUT2D eigenvalue weighted by atomic mass is 16.5. The summed E-state index contributed by atoms with van der Waals surface area (Å²) in [4.78, 5) is 6.84. The van der Waals surface area contributed by atoms with Crippen molar-refractivity contribution in [1.29, 1.82) is 0 Å². The van der Waals surface area contributed by atoms with Gasteiger partial charge in [0.1, 0.15) is 5.75 Å². The van der Waals surface area contributed by atoms with Gasteiger partial charge in [0.25, 0.3) is 0 Å². The standard InChI is InChI=1S/C18H22N2O2/c21-18-6-4-15(5-7-18)12-20-9-10-22-14-16(13-20)11-17-3-1-2-8-19-17/h1-8,16,21H,9-14H2. The number of phenolic OH excluding ortho intramolecular Hbond substituents is 1. The highest BCUT2D eigenvalue weighted by molar-refractivity contribution is 5.25. The Morgan fingerprint density at radius 3 is 2.82 bits per heavy atom. The predicted molar refractivity (Wildman–Crippen MR) is 85.6 cm³/mol. The largest absolute Gasteiger partial charge is 0.508 e. The average Bonchev–Trinajstić information content (AvgIpc) is 2.76. The van der Waals surface area contributed by atoms with E-state index < -0.39 is 0 Å². The van der Waals surface area contributed by atoms with Gasteiger partial charge in [-0.3, -0.25) is 9.88 Å². The van der Waals surface area contributed by atoms with Crippen LogP contribution in [0.1, 0.15) is 11.3 Å². The number of pyridine rings is 1. The van der Waals surface area contributed by atoms with E-state index in [0.717, 1.165) is 45.0 Å². The minimum Gasteiger partial charge on any atom is -0.508 e. The molecule has 0 bridgehead atoms. The molecule has 0 saturated carbocycles. The normalized spacial score (nSPS) is 19.7. The summed E-state index contributed by atoms with van der Waals surface area (Å²) in [6.07, 6.45) is 2.80. The lowest BCUT2D eigenvalue weighted by Crippen LogP contribution is -2.30. The van der Waals surface area contributed by atoms with Gasteiger partial charge in [0.2, 0.25) is 0 Å². The smallest absolute Gasteiger partial charge is 0.115 e. The molecular weight excluding hydrogens is 276 g/mol. The zero-order chi connectivity index (χ0) is 15.2. The van der Waals surface area contributed by atoms with E-state index in [-0.39, 0.29) is 0 Å². The second-order valence-electron chi connectivity index (χ2n) is 5.87. The van der Waals surface area contributed by atoms with Crippen molar-refractivity contribution in [1.82, 2.24) is 9.88 Å². The van der Waals surface area contributed by atoms with Crippen LogP contribution in [0, 0.1) is 5.92 Å². The molecule has 1 atom stereocenters. The van der Waals surface area contributed by atoms with Crippen LogP contribution in [0.2, 0.25) is 0 Å². The Morgan fingerprint density at radius 1 is 1.18 bits per heavy atom. The zero-order valence-electron chi connectivity index (χ0n) is 12.7. The molecule has 0 radical (unpaired) electrons. The van der Waals surface area contributed by atoms with Crippen LogP contribution >= 0.6 is 0 Å². The summed E-state index contributed by atoms with van der Waals surface area (Å²) in [6.45, 7) is 4.42. The average molecular weight is 298 g/mol. The summed E-state index contributed by atoms with van der Waals surface area (Å²) < 4.78 is 5.76. The van der Waals surface area contributed by atoms with Crippen LogP contribution in [0.25, 0.3) is 0 Å². The van der Waals surface area contributed by atoms with E-state index in [4.69, 9.17) is 4.74 Å². The van der Waals surface area contributed by atoms with Gasteiger partial charge >= 0.3 is 0 Å². The number of aromatic nitrogens is 1. The lowest BCUT2D eigenvalue weighted by atomic mass is 10.0. The third-order valence-electron chi connectivity index (χ3n) is 3.99. The number of phenols is 1. The third kappa shape index (κ3) is 4.29. The number of aromatic hydroxyl groups is 1. The molecule has 0 aliphatic carbocycles. The van der Waals surface area contributed by atoms with E-state index in [1.54, 1.807) is 12.1 Å². The van der Waals surface area contributed by atoms with Crippen molar-refractivity contribution in [3.63, 3.8) is 0 Å². The van der Waals surface area contributed by atoms with Crippen LogP contribution < -0.4 is 0 Å². The van der Waals surface area contributed by atoms with Gasteiger partial charge in [0.15, 0.2) is 0 Å².